The fourth-order valence-electron chi connectivity index (χ4n) is 2.07. The zero-order chi connectivity index (χ0) is 14.2. The lowest BCUT2D eigenvalue weighted by Crippen LogP contribution is -2.03. The molecule has 0 aromatic heterocycles. The van der Waals surface area contributed by atoms with E-state index in [-0.39, 0.29) is 6.10 Å². The molecule has 1 atom stereocenters. The van der Waals surface area contributed by atoms with E-state index in [2.05, 4.69) is 46.9 Å². The van der Waals surface area contributed by atoms with Crippen LogP contribution < -0.4 is 4.74 Å². The Balaban J connectivity index is 2.02. The number of hydrogen-bond donors (Lipinski definition) is 0. The molecule has 0 N–H and O–H groups in total. The lowest BCUT2D eigenvalue weighted by atomic mass is 10.1. The summed E-state index contributed by atoms with van der Waals surface area (Å²) < 4.78 is 12.5. The van der Waals surface area contributed by atoms with Crippen molar-refractivity contribution in [1.29, 1.82) is 0 Å². The Bertz CT molecular complexity index is 513. The van der Waals surface area contributed by atoms with Gasteiger partial charge in [-0.3, -0.25) is 0 Å². The van der Waals surface area contributed by atoms with E-state index in [0.29, 0.717) is 6.61 Å². The third kappa shape index (κ3) is 4.49. The van der Waals surface area contributed by atoms with Crippen LogP contribution in [-0.2, 0) is 11.3 Å². The summed E-state index contributed by atoms with van der Waals surface area (Å²) in [6.07, 6.45) is 1.16. The maximum Gasteiger partial charge on any atom is 0.120 e. The molecule has 0 bridgehead atoms. The molecule has 0 spiro atoms. The molecular weight excluding hydrogens is 363 g/mol. The summed E-state index contributed by atoms with van der Waals surface area (Å²) in [4.78, 5) is 0. The van der Waals surface area contributed by atoms with Crippen LogP contribution in [-0.4, -0.2) is 11.5 Å². The predicted molar refractivity (Wildman–Crippen MR) is 90.5 cm³/mol. The highest BCUT2D eigenvalue weighted by Crippen LogP contribution is 2.25. The SMILES string of the molecule is CO[C@@H](CCI)c1cccc(OCc2ccccc2)c1. The molecule has 2 nitrogen and oxygen atoms in total. The quantitative estimate of drug-likeness (QED) is 0.507. The number of halogens is 1. The molecule has 2 aromatic rings. The second-order valence-electron chi connectivity index (χ2n) is 4.55. The fourth-order valence-corrected chi connectivity index (χ4v) is 2.63. The van der Waals surface area contributed by atoms with Crippen molar-refractivity contribution in [2.24, 2.45) is 0 Å². The summed E-state index contributed by atoms with van der Waals surface area (Å²) in [7, 11) is 1.76. The van der Waals surface area contributed by atoms with Gasteiger partial charge in [-0.15, -0.1) is 0 Å². The minimum Gasteiger partial charge on any atom is -0.489 e. The van der Waals surface area contributed by atoms with Gasteiger partial charge in [0.25, 0.3) is 0 Å². The summed E-state index contributed by atoms with van der Waals surface area (Å²) in [6, 6.07) is 18.4. The van der Waals surface area contributed by atoms with Gasteiger partial charge in [-0.25, -0.2) is 0 Å². The average Bonchev–Trinajstić information content (AvgIpc) is 2.52. The molecule has 0 amide bonds. The minimum absolute atomic E-state index is 0.146. The van der Waals surface area contributed by atoms with E-state index in [1.54, 1.807) is 7.11 Å². The van der Waals surface area contributed by atoms with Crippen molar-refractivity contribution < 1.29 is 9.47 Å². The summed E-state index contributed by atoms with van der Waals surface area (Å²) in [5, 5.41) is 0. The molecule has 0 heterocycles. The van der Waals surface area contributed by atoms with Crippen molar-refractivity contribution in [3.8, 4) is 5.75 Å². The zero-order valence-corrected chi connectivity index (χ0v) is 13.7. The topological polar surface area (TPSA) is 18.5 Å². The molecule has 0 aliphatic rings. The smallest absolute Gasteiger partial charge is 0.120 e. The molecule has 0 radical (unpaired) electrons. The first-order valence-corrected chi connectivity index (χ1v) is 8.21. The van der Waals surface area contributed by atoms with Gasteiger partial charge in [-0.1, -0.05) is 65.1 Å². The maximum atomic E-state index is 5.85. The van der Waals surface area contributed by atoms with Crippen LogP contribution in [0.3, 0.4) is 0 Å². The van der Waals surface area contributed by atoms with Gasteiger partial charge in [0.15, 0.2) is 0 Å². The molecule has 0 saturated carbocycles. The molecule has 0 fully saturated rings. The van der Waals surface area contributed by atoms with Crippen molar-refractivity contribution >= 4 is 22.6 Å². The van der Waals surface area contributed by atoms with Crippen LogP contribution in [0.25, 0.3) is 0 Å². The first-order valence-electron chi connectivity index (χ1n) is 6.69. The summed E-state index contributed by atoms with van der Waals surface area (Å²) in [5.74, 6) is 0.891. The lowest BCUT2D eigenvalue weighted by molar-refractivity contribution is 0.101. The predicted octanol–water partition coefficient (Wildman–Crippen LogP) is 4.78. The monoisotopic (exact) mass is 382 g/mol. The van der Waals surface area contributed by atoms with Gasteiger partial charge in [0.2, 0.25) is 0 Å². The van der Waals surface area contributed by atoms with E-state index >= 15 is 0 Å². The number of alkyl halides is 1. The van der Waals surface area contributed by atoms with Crippen molar-refractivity contribution in [3.05, 3.63) is 65.7 Å². The maximum absolute atomic E-state index is 5.85. The highest BCUT2D eigenvalue weighted by Gasteiger charge is 2.10. The Morgan fingerprint density at radius 2 is 1.85 bits per heavy atom. The second-order valence-corrected chi connectivity index (χ2v) is 5.63. The molecule has 20 heavy (non-hydrogen) atoms. The van der Waals surface area contributed by atoms with E-state index in [1.165, 1.54) is 11.1 Å². The van der Waals surface area contributed by atoms with E-state index < -0.39 is 0 Å². The van der Waals surface area contributed by atoms with Gasteiger partial charge in [0.05, 0.1) is 6.10 Å². The number of hydrogen-bond acceptors (Lipinski definition) is 2. The fraction of sp³-hybridized carbons (Fsp3) is 0.294. The first-order chi connectivity index (χ1) is 9.83. The molecule has 0 aliphatic heterocycles. The summed E-state index contributed by atoms with van der Waals surface area (Å²) in [6.45, 7) is 0.591. The first kappa shape index (κ1) is 15.3. The van der Waals surface area contributed by atoms with E-state index in [9.17, 15) is 0 Å². The highest BCUT2D eigenvalue weighted by molar-refractivity contribution is 14.1. The number of ether oxygens (including phenoxy) is 2. The Hall–Kier alpha value is -1.07. The summed E-state index contributed by atoms with van der Waals surface area (Å²) >= 11 is 2.37. The van der Waals surface area contributed by atoms with E-state index in [4.69, 9.17) is 9.47 Å². The molecule has 2 rings (SSSR count). The van der Waals surface area contributed by atoms with Gasteiger partial charge in [-0.05, 0) is 29.7 Å². The van der Waals surface area contributed by atoms with Crippen LogP contribution >= 0.6 is 22.6 Å². The standard InChI is InChI=1S/C17H19IO2/c1-19-17(10-11-18)15-8-5-9-16(12-15)20-13-14-6-3-2-4-7-14/h2-9,12,17H,10-11,13H2,1H3/t17-/m0/s1. The van der Waals surface area contributed by atoms with Crippen LogP contribution in [0.2, 0.25) is 0 Å². The molecule has 3 heteroatoms. The van der Waals surface area contributed by atoms with Crippen LogP contribution in [0.4, 0.5) is 0 Å². The van der Waals surface area contributed by atoms with Gasteiger partial charge >= 0.3 is 0 Å². The number of rotatable bonds is 7. The normalized spacial score (nSPS) is 12.1. The van der Waals surface area contributed by atoms with Crippen molar-refractivity contribution in [3.63, 3.8) is 0 Å². The van der Waals surface area contributed by atoms with E-state index in [0.717, 1.165) is 16.6 Å². The highest BCUT2D eigenvalue weighted by atomic mass is 127. The Labute approximate surface area is 134 Å². The third-order valence-electron chi connectivity index (χ3n) is 3.13. The number of methoxy groups -OCH3 is 1. The van der Waals surface area contributed by atoms with E-state index in [1.807, 2.05) is 30.3 Å². The average molecular weight is 382 g/mol. The lowest BCUT2D eigenvalue weighted by Gasteiger charge is -2.15. The van der Waals surface area contributed by atoms with Crippen LogP contribution in [0.1, 0.15) is 23.7 Å². The third-order valence-corrected chi connectivity index (χ3v) is 3.76. The largest absolute Gasteiger partial charge is 0.489 e. The Morgan fingerprint density at radius 3 is 2.55 bits per heavy atom. The van der Waals surface area contributed by atoms with Gasteiger partial charge in [0, 0.05) is 11.5 Å². The Morgan fingerprint density at radius 1 is 1.05 bits per heavy atom. The van der Waals surface area contributed by atoms with Crippen molar-refractivity contribution in [2.75, 3.05) is 11.5 Å². The van der Waals surface area contributed by atoms with Crippen LogP contribution in [0.5, 0.6) is 5.75 Å². The summed E-state index contributed by atoms with van der Waals surface area (Å²) in [5.41, 5.74) is 2.35. The zero-order valence-electron chi connectivity index (χ0n) is 11.6. The molecule has 2 aromatic carbocycles. The second kappa shape index (κ2) is 8.27. The molecule has 106 valence electrons. The number of benzene rings is 2. The van der Waals surface area contributed by atoms with Gasteiger partial charge < -0.3 is 9.47 Å². The van der Waals surface area contributed by atoms with Gasteiger partial charge in [-0.2, -0.15) is 0 Å². The van der Waals surface area contributed by atoms with Crippen molar-refractivity contribution in [1.82, 2.24) is 0 Å². The van der Waals surface area contributed by atoms with Gasteiger partial charge in [0.1, 0.15) is 12.4 Å². The van der Waals surface area contributed by atoms with Crippen LogP contribution in [0.15, 0.2) is 54.6 Å². The minimum atomic E-state index is 0.146. The van der Waals surface area contributed by atoms with Crippen LogP contribution in [0, 0.1) is 0 Å². The molecule has 0 unspecified atom stereocenters. The van der Waals surface area contributed by atoms with Crippen molar-refractivity contribution in [2.45, 2.75) is 19.1 Å². The molecular formula is C17H19IO2. The Kier molecular flexibility index (Phi) is 6.33. The molecule has 0 saturated heterocycles. The molecule has 0 aliphatic carbocycles.